The van der Waals surface area contributed by atoms with Crippen molar-refractivity contribution in [3.63, 3.8) is 0 Å². The van der Waals surface area contributed by atoms with Crippen LogP contribution in [-0.2, 0) is 4.57 Å². The zero-order valence-electron chi connectivity index (χ0n) is 11.3. The van der Waals surface area contributed by atoms with E-state index in [0.29, 0.717) is 0 Å². The zero-order valence-corrected chi connectivity index (χ0v) is 13.8. The first-order valence-corrected chi connectivity index (χ1v) is 8.99. The van der Waals surface area contributed by atoms with Gasteiger partial charge in [0, 0.05) is 33.7 Å². The van der Waals surface area contributed by atoms with Crippen LogP contribution >= 0.6 is 32.0 Å². The van der Waals surface area contributed by atoms with Crippen LogP contribution in [0.3, 0.4) is 0 Å². The second kappa shape index (κ2) is 7.81. The molecule has 0 aliphatic rings. The fourth-order valence-corrected chi connectivity index (χ4v) is 4.23. The van der Waals surface area contributed by atoms with Gasteiger partial charge in [-0.2, -0.15) is 0 Å². The molecule has 0 unspecified atom stereocenters. The van der Waals surface area contributed by atoms with Gasteiger partial charge in [-0.1, -0.05) is 36.4 Å². The molecule has 2 aromatic rings. The summed E-state index contributed by atoms with van der Waals surface area (Å²) in [5.74, 6) is 0. The van der Waals surface area contributed by atoms with E-state index in [4.69, 9.17) is 0 Å². The third-order valence-corrected chi connectivity index (χ3v) is 6.08. The van der Waals surface area contributed by atoms with Crippen LogP contribution in [0.5, 0.6) is 0 Å². The fraction of sp³-hybridized carbons (Fsp3) is 0.143. The van der Waals surface area contributed by atoms with E-state index in [2.05, 4.69) is 8.99 Å². The lowest BCUT2D eigenvalue weighted by Gasteiger charge is -2.01. The molecular weight excluding hydrogens is 307 g/mol. The monoisotopic (exact) mass is 323 g/mol. The van der Waals surface area contributed by atoms with Crippen LogP contribution in [0.1, 0.15) is 11.1 Å². The largest absolute Gasteiger partial charge is 0.554 e. The van der Waals surface area contributed by atoms with Gasteiger partial charge >= 0.3 is 8.10 Å². The Morgan fingerprint density at radius 2 is 1.20 bits per heavy atom. The van der Waals surface area contributed by atoms with Crippen molar-refractivity contribution in [3.05, 3.63) is 59.7 Å². The SMILES string of the molecule is Cc1ccccc1SN[P+](=O)NSc1ccccc1C. The van der Waals surface area contributed by atoms with Gasteiger partial charge in [-0.15, -0.1) is 0 Å². The lowest BCUT2D eigenvalue weighted by atomic mass is 10.2. The maximum absolute atomic E-state index is 11.9. The van der Waals surface area contributed by atoms with Gasteiger partial charge in [0.1, 0.15) is 0 Å². The lowest BCUT2D eigenvalue weighted by molar-refractivity contribution is 0.586. The summed E-state index contributed by atoms with van der Waals surface area (Å²) in [4.78, 5) is 2.16. The average molecular weight is 323 g/mol. The Balaban J connectivity index is 1.82. The molecule has 0 amide bonds. The molecular formula is C14H16N2OPS2+. The van der Waals surface area contributed by atoms with Gasteiger partial charge in [0.05, 0.1) is 0 Å². The Hall–Kier alpha value is -0.840. The number of benzene rings is 2. The second-order valence-corrected chi connectivity index (χ2v) is 7.55. The van der Waals surface area contributed by atoms with E-state index in [0.717, 1.165) is 9.79 Å². The molecule has 2 N–H and O–H groups in total. The molecule has 104 valence electrons. The minimum atomic E-state index is -1.68. The van der Waals surface area contributed by atoms with Gasteiger partial charge < -0.3 is 0 Å². The molecule has 0 aromatic heterocycles. The first-order chi connectivity index (χ1) is 9.66. The summed E-state index contributed by atoms with van der Waals surface area (Å²) >= 11 is 2.77. The Morgan fingerprint density at radius 3 is 1.60 bits per heavy atom. The zero-order chi connectivity index (χ0) is 14.4. The minimum Gasteiger partial charge on any atom is -0.0619 e. The predicted octanol–water partition coefficient (Wildman–Crippen LogP) is 4.85. The van der Waals surface area contributed by atoms with Crippen LogP contribution in [-0.4, -0.2) is 0 Å². The number of hydrogen-bond donors (Lipinski definition) is 2. The molecule has 0 radical (unpaired) electrons. The van der Waals surface area contributed by atoms with Gasteiger partial charge in [0.2, 0.25) is 0 Å². The summed E-state index contributed by atoms with van der Waals surface area (Å²) in [5, 5.41) is 0. The summed E-state index contributed by atoms with van der Waals surface area (Å²) in [5.41, 5.74) is 2.33. The van der Waals surface area contributed by atoms with Crippen molar-refractivity contribution in [1.82, 2.24) is 8.99 Å². The quantitative estimate of drug-likeness (QED) is 0.587. The van der Waals surface area contributed by atoms with E-state index in [-0.39, 0.29) is 0 Å². The highest BCUT2D eigenvalue weighted by Gasteiger charge is 2.17. The van der Waals surface area contributed by atoms with Crippen molar-refractivity contribution in [1.29, 1.82) is 0 Å². The maximum atomic E-state index is 11.9. The van der Waals surface area contributed by atoms with Gasteiger partial charge in [-0.05, 0) is 50.7 Å². The Morgan fingerprint density at radius 1 is 0.800 bits per heavy atom. The number of nitrogens with one attached hydrogen (secondary N) is 2. The molecule has 2 aromatic carbocycles. The Labute approximate surface area is 129 Å². The van der Waals surface area contributed by atoms with E-state index in [1.165, 1.54) is 35.0 Å². The van der Waals surface area contributed by atoms with E-state index < -0.39 is 8.10 Å². The summed E-state index contributed by atoms with van der Waals surface area (Å²) in [6, 6.07) is 16.0. The van der Waals surface area contributed by atoms with Gasteiger partial charge in [0.15, 0.2) is 0 Å². The maximum Gasteiger partial charge on any atom is 0.554 e. The van der Waals surface area contributed by atoms with Crippen LogP contribution in [0.25, 0.3) is 0 Å². The molecule has 0 aliphatic carbocycles. The highest BCUT2D eigenvalue weighted by atomic mass is 32.2. The first-order valence-electron chi connectivity index (χ1n) is 6.10. The van der Waals surface area contributed by atoms with E-state index in [1.54, 1.807) is 0 Å². The first kappa shape index (κ1) is 15.5. The standard InChI is InChI=1S/C14H16N2OPS2/c1-11-7-3-5-9-13(11)19-15-18(17)16-20-14-10-6-4-8-12(14)2/h3-10H,1-2H3,(H2,15,16,17)/q+1. The molecule has 0 saturated carbocycles. The fourth-order valence-electron chi connectivity index (χ4n) is 1.54. The van der Waals surface area contributed by atoms with Gasteiger partial charge in [0.25, 0.3) is 0 Å². The van der Waals surface area contributed by atoms with Crippen molar-refractivity contribution < 1.29 is 4.57 Å². The van der Waals surface area contributed by atoms with Crippen molar-refractivity contribution >= 4 is 32.0 Å². The molecule has 2 rings (SSSR count). The smallest absolute Gasteiger partial charge is 0.0619 e. The number of rotatable bonds is 6. The Bertz CT molecular complexity index is 556. The van der Waals surface area contributed by atoms with E-state index in [9.17, 15) is 4.57 Å². The topological polar surface area (TPSA) is 41.1 Å². The van der Waals surface area contributed by atoms with Crippen molar-refractivity contribution in [2.75, 3.05) is 0 Å². The van der Waals surface area contributed by atoms with Crippen LogP contribution in [0, 0.1) is 13.8 Å². The number of aryl methyl sites for hydroxylation is 2. The van der Waals surface area contributed by atoms with Crippen molar-refractivity contribution in [2.45, 2.75) is 23.6 Å². The predicted molar refractivity (Wildman–Crippen MR) is 87.9 cm³/mol. The summed E-state index contributed by atoms with van der Waals surface area (Å²) in [7, 11) is -1.68. The molecule has 6 heteroatoms. The van der Waals surface area contributed by atoms with E-state index >= 15 is 0 Å². The molecule has 0 fully saturated rings. The normalized spacial score (nSPS) is 10.5. The number of hydrogen-bond acceptors (Lipinski definition) is 3. The molecule has 0 spiro atoms. The highest BCUT2D eigenvalue weighted by molar-refractivity contribution is 8.04. The van der Waals surface area contributed by atoms with Gasteiger partial charge in [-0.3, -0.25) is 0 Å². The average Bonchev–Trinajstić information content (AvgIpc) is 2.45. The molecule has 0 bridgehead atoms. The molecule has 0 heterocycles. The van der Waals surface area contributed by atoms with Crippen LogP contribution in [0.4, 0.5) is 0 Å². The third kappa shape index (κ3) is 4.62. The van der Waals surface area contributed by atoms with E-state index in [1.807, 2.05) is 62.4 Å². The summed E-state index contributed by atoms with van der Waals surface area (Å²) in [6.07, 6.45) is 0. The molecule has 0 saturated heterocycles. The molecule has 0 aliphatic heterocycles. The third-order valence-electron chi connectivity index (χ3n) is 2.66. The van der Waals surface area contributed by atoms with Crippen molar-refractivity contribution in [3.8, 4) is 0 Å². The molecule has 3 nitrogen and oxygen atoms in total. The van der Waals surface area contributed by atoms with Gasteiger partial charge in [-0.25, -0.2) is 0 Å². The Kier molecular flexibility index (Phi) is 6.07. The summed E-state index contributed by atoms with van der Waals surface area (Å²) in [6.45, 7) is 4.07. The lowest BCUT2D eigenvalue weighted by Crippen LogP contribution is -2.01. The summed E-state index contributed by atoms with van der Waals surface area (Å²) < 4.78 is 17.7. The van der Waals surface area contributed by atoms with Crippen LogP contribution in [0.15, 0.2) is 58.3 Å². The van der Waals surface area contributed by atoms with Crippen LogP contribution in [0.2, 0.25) is 0 Å². The molecule has 0 atom stereocenters. The minimum absolute atomic E-state index is 1.08. The highest BCUT2D eigenvalue weighted by Crippen LogP contribution is 2.29. The molecule has 20 heavy (non-hydrogen) atoms. The van der Waals surface area contributed by atoms with Crippen LogP contribution < -0.4 is 8.99 Å². The second-order valence-electron chi connectivity index (χ2n) is 4.21. The van der Waals surface area contributed by atoms with Crippen molar-refractivity contribution in [2.24, 2.45) is 0 Å².